The zero-order valence-electron chi connectivity index (χ0n) is 13.4. The van der Waals surface area contributed by atoms with E-state index in [9.17, 15) is 4.57 Å². The molecular weight excluding hydrogens is 335 g/mol. The second-order valence-corrected chi connectivity index (χ2v) is 7.26. The SMILES string of the molecule is O=[P+](OC(=CCC1CO1)CC1CO1)OC(=CCC1CO1)CC1CO1. The number of epoxide rings is 4. The lowest BCUT2D eigenvalue weighted by molar-refractivity contribution is 0.282. The molecule has 4 unspecified atom stereocenters. The zero-order chi connectivity index (χ0) is 16.4. The monoisotopic (exact) mass is 357 g/mol. The van der Waals surface area contributed by atoms with Crippen LogP contribution in [0, 0.1) is 0 Å². The minimum absolute atomic E-state index is 0.168. The summed E-state index contributed by atoms with van der Waals surface area (Å²) in [5, 5.41) is 0. The Bertz CT molecular complexity index is 485. The Balaban J connectivity index is 1.29. The highest BCUT2D eigenvalue weighted by Crippen LogP contribution is 2.37. The molecule has 0 aromatic heterocycles. The van der Waals surface area contributed by atoms with Crippen molar-refractivity contribution in [2.75, 3.05) is 26.4 Å². The van der Waals surface area contributed by atoms with E-state index < -0.39 is 8.25 Å². The Morgan fingerprint density at radius 1 is 0.792 bits per heavy atom. The lowest BCUT2D eigenvalue weighted by Crippen LogP contribution is -1.97. The molecule has 0 radical (unpaired) electrons. The summed E-state index contributed by atoms with van der Waals surface area (Å²) in [6, 6.07) is 0. The molecule has 0 saturated carbocycles. The summed E-state index contributed by atoms with van der Waals surface area (Å²) in [4.78, 5) is 0. The maximum Gasteiger partial charge on any atom is 0.804 e. The van der Waals surface area contributed by atoms with E-state index in [0.717, 1.165) is 39.3 Å². The molecule has 0 bridgehead atoms. The Morgan fingerprint density at radius 3 is 1.50 bits per heavy atom. The highest BCUT2D eigenvalue weighted by Gasteiger charge is 2.35. The average molecular weight is 357 g/mol. The molecule has 0 aromatic rings. The molecule has 4 atom stereocenters. The summed E-state index contributed by atoms with van der Waals surface area (Å²) in [5.41, 5.74) is 0. The fourth-order valence-electron chi connectivity index (χ4n) is 2.28. The maximum absolute atomic E-state index is 12.3. The topological polar surface area (TPSA) is 85.7 Å². The van der Waals surface area contributed by atoms with Gasteiger partial charge in [-0.05, 0) is 25.0 Å². The zero-order valence-corrected chi connectivity index (χ0v) is 14.3. The second kappa shape index (κ2) is 7.50. The predicted molar refractivity (Wildman–Crippen MR) is 83.4 cm³/mol. The largest absolute Gasteiger partial charge is 0.804 e. The van der Waals surface area contributed by atoms with Crippen LogP contribution < -0.4 is 0 Å². The van der Waals surface area contributed by atoms with Crippen LogP contribution in [0.4, 0.5) is 0 Å². The van der Waals surface area contributed by atoms with Gasteiger partial charge in [-0.3, -0.25) is 0 Å². The lowest BCUT2D eigenvalue weighted by Gasteiger charge is -2.01. The van der Waals surface area contributed by atoms with E-state index in [4.69, 9.17) is 28.0 Å². The number of hydrogen-bond donors (Lipinski definition) is 0. The minimum Gasteiger partial charge on any atom is -0.373 e. The van der Waals surface area contributed by atoms with Gasteiger partial charge in [0.2, 0.25) is 0 Å². The molecule has 0 spiro atoms. The summed E-state index contributed by atoms with van der Waals surface area (Å²) in [6.07, 6.45) is 7.51. The van der Waals surface area contributed by atoms with E-state index in [-0.39, 0.29) is 24.4 Å². The molecule has 0 amide bonds. The molecule has 4 heterocycles. The van der Waals surface area contributed by atoms with Crippen molar-refractivity contribution in [3.63, 3.8) is 0 Å². The van der Waals surface area contributed by atoms with Crippen LogP contribution in [0.5, 0.6) is 0 Å². The molecule has 4 aliphatic heterocycles. The number of rotatable bonds is 12. The van der Waals surface area contributed by atoms with Crippen LogP contribution >= 0.6 is 8.25 Å². The van der Waals surface area contributed by atoms with Gasteiger partial charge in [-0.1, -0.05) is 0 Å². The molecule has 4 saturated heterocycles. The summed E-state index contributed by atoms with van der Waals surface area (Å²) in [5.74, 6) is 1.31. The van der Waals surface area contributed by atoms with Crippen molar-refractivity contribution in [3.05, 3.63) is 23.7 Å². The van der Waals surface area contributed by atoms with Crippen LogP contribution in [0.1, 0.15) is 25.7 Å². The average Bonchev–Trinajstić information content (AvgIpc) is 3.40. The van der Waals surface area contributed by atoms with Gasteiger partial charge in [0.1, 0.15) is 0 Å². The summed E-state index contributed by atoms with van der Waals surface area (Å²) < 4.78 is 44.2. The van der Waals surface area contributed by atoms with Crippen molar-refractivity contribution < 1.29 is 32.6 Å². The van der Waals surface area contributed by atoms with Gasteiger partial charge in [-0.2, -0.15) is 0 Å². The van der Waals surface area contributed by atoms with Gasteiger partial charge in [-0.25, -0.2) is 9.05 Å². The maximum atomic E-state index is 12.3. The Kier molecular flexibility index (Phi) is 5.15. The molecule has 4 rings (SSSR count). The molecule has 4 fully saturated rings. The van der Waals surface area contributed by atoms with Gasteiger partial charge >= 0.3 is 8.25 Å². The van der Waals surface area contributed by atoms with Crippen LogP contribution in [0.15, 0.2) is 23.7 Å². The van der Waals surface area contributed by atoms with E-state index in [1.54, 1.807) is 0 Å². The van der Waals surface area contributed by atoms with Crippen molar-refractivity contribution in [1.29, 1.82) is 0 Å². The van der Waals surface area contributed by atoms with Gasteiger partial charge in [0.15, 0.2) is 11.5 Å². The first-order valence-electron chi connectivity index (χ1n) is 8.42. The van der Waals surface area contributed by atoms with E-state index in [2.05, 4.69) is 0 Å². The quantitative estimate of drug-likeness (QED) is 0.301. The van der Waals surface area contributed by atoms with Gasteiger partial charge < -0.3 is 18.9 Å². The summed E-state index contributed by atoms with van der Waals surface area (Å²) in [6.45, 7) is 3.02. The van der Waals surface area contributed by atoms with Gasteiger partial charge in [-0.15, -0.1) is 0 Å². The van der Waals surface area contributed by atoms with Crippen LogP contribution in [0.25, 0.3) is 0 Å². The van der Waals surface area contributed by atoms with E-state index in [1.165, 1.54) is 0 Å². The Morgan fingerprint density at radius 2 is 1.17 bits per heavy atom. The predicted octanol–water partition coefficient (Wildman–Crippen LogP) is 2.60. The molecule has 0 N–H and O–H groups in total. The fraction of sp³-hybridized carbons (Fsp3) is 0.750. The van der Waals surface area contributed by atoms with Gasteiger partial charge in [0, 0.05) is 17.4 Å². The first-order valence-corrected chi connectivity index (χ1v) is 9.52. The first kappa shape index (κ1) is 16.5. The molecule has 0 aliphatic carbocycles. The summed E-state index contributed by atoms with van der Waals surface area (Å²) in [7, 11) is -2.27. The molecule has 132 valence electrons. The van der Waals surface area contributed by atoms with Crippen molar-refractivity contribution >= 4 is 8.25 Å². The van der Waals surface area contributed by atoms with E-state index in [0.29, 0.717) is 24.4 Å². The second-order valence-electron chi connectivity index (χ2n) is 6.45. The number of ether oxygens (including phenoxy) is 4. The molecule has 4 aliphatic rings. The Hall–Kier alpha value is -0.980. The third-order valence-corrected chi connectivity index (χ3v) is 4.83. The molecule has 7 nitrogen and oxygen atoms in total. The van der Waals surface area contributed by atoms with Gasteiger partial charge in [0.05, 0.1) is 50.8 Å². The van der Waals surface area contributed by atoms with Gasteiger partial charge in [0.25, 0.3) is 0 Å². The fourth-order valence-corrected chi connectivity index (χ4v) is 3.00. The lowest BCUT2D eigenvalue weighted by atomic mass is 10.2. The van der Waals surface area contributed by atoms with Crippen molar-refractivity contribution in [2.45, 2.75) is 50.1 Å². The van der Waals surface area contributed by atoms with E-state index >= 15 is 0 Å². The van der Waals surface area contributed by atoms with Crippen LogP contribution in [-0.4, -0.2) is 50.8 Å². The highest BCUT2D eigenvalue weighted by molar-refractivity contribution is 7.33. The number of hydrogen-bond acceptors (Lipinski definition) is 7. The van der Waals surface area contributed by atoms with Crippen molar-refractivity contribution in [1.82, 2.24) is 0 Å². The molecule has 8 heteroatoms. The van der Waals surface area contributed by atoms with Crippen molar-refractivity contribution in [2.24, 2.45) is 0 Å². The normalized spacial score (nSPS) is 34.6. The Labute approximate surface area is 141 Å². The molecular formula is C16H22O7P+. The molecule has 0 aromatic carbocycles. The summed E-state index contributed by atoms with van der Waals surface area (Å²) >= 11 is 0. The third kappa shape index (κ3) is 6.15. The molecule has 24 heavy (non-hydrogen) atoms. The minimum atomic E-state index is -2.27. The first-order chi connectivity index (χ1) is 11.7. The smallest absolute Gasteiger partial charge is 0.373 e. The highest BCUT2D eigenvalue weighted by atomic mass is 31.1. The van der Waals surface area contributed by atoms with Crippen molar-refractivity contribution in [3.8, 4) is 0 Å². The van der Waals surface area contributed by atoms with Crippen LogP contribution in [0.3, 0.4) is 0 Å². The standard InChI is InChI=1S/C16H22O7P/c17-24(22-11(5-15-9-20-15)1-3-13-7-18-13)23-12(6-16-10-21-16)2-4-14-8-19-14/h1-2,13-16H,3-10H2/q+1. The van der Waals surface area contributed by atoms with Crippen LogP contribution in [0.2, 0.25) is 0 Å². The third-order valence-electron chi connectivity index (χ3n) is 4.07. The van der Waals surface area contributed by atoms with E-state index in [1.807, 2.05) is 12.2 Å². The van der Waals surface area contributed by atoms with Crippen LogP contribution in [-0.2, 0) is 32.6 Å².